The van der Waals surface area contributed by atoms with Gasteiger partial charge in [0.1, 0.15) is 0 Å². The van der Waals surface area contributed by atoms with Crippen LogP contribution in [0.1, 0.15) is 10.4 Å². The molecule has 4 heteroatoms. The van der Waals surface area contributed by atoms with Gasteiger partial charge in [0.2, 0.25) is 0 Å². The first-order valence-electron chi connectivity index (χ1n) is 3.70. The van der Waals surface area contributed by atoms with Crippen molar-refractivity contribution in [2.75, 3.05) is 0 Å². The molecule has 1 amide bonds. The molecule has 1 aromatic rings. The Morgan fingerprint density at radius 2 is 1.85 bits per heavy atom. The van der Waals surface area contributed by atoms with E-state index in [1.54, 1.807) is 24.3 Å². The summed E-state index contributed by atoms with van der Waals surface area (Å²) in [6, 6.07) is 8.93. The van der Waals surface area contributed by atoms with E-state index in [2.05, 4.69) is 0 Å². The summed E-state index contributed by atoms with van der Waals surface area (Å²) in [5, 5.41) is 0.181. The summed E-state index contributed by atoms with van der Waals surface area (Å²) >= 11 is -0.354. The Hall–Kier alpha value is -1.12. The molecule has 0 aliphatic carbocycles. The minimum absolute atomic E-state index is 0.0203. The van der Waals surface area contributed by atoms with Crippen molar-refractivity contribution < 1.29 is 9.59 Å². The summed E-state index contributed by atoms with van der Waals surface area (Å²) in [4.78, 5) is 21.8. The predicted molar refractivity (Wildman–Crippen MR) is 50.5 cm³/mol. The van der Waals surface area contributed by atoms with E-state index in [1.807, 2.05) is 6.07 Å². The first-order valence-corrected chi connectivity index (χ1v) is 5.77. The van der Waals surface area contributed by atoms with Crippen LogP contribution in [0.25, 0.3) is 0 Å². The van der Waals surface area contributed by atoms with Gasteiger partial charge >= 0.3 is 82.1 Å². The Kier molecular flexibility index (Phi) is 3.68. The van der Waals surface area contributed by atoms with Gasteiger partial charge in [0, 0.05) is 0 Å². The molecule has 0 heterocycles. The molecule has 0 atom stereocenters. The average Bonchev–Trinajstić information content (AvgIpc) is 2.15. The van der Waals surface area contributed by atoms with Crippen LogP contribution in [0, 0.1) is 0 Å². The van der Waals surface area contributed by atoms with Crippen molar-refractivity contribution in [1.82, 2.24) is 0 Å². The molecule has 0 saturated heterocycles. The van der Waals surface area contributed by atoms with E-state index < -0.39 is 5.91 Å². The van der Waals surface area contributed by atoms with Gasteiger partial charge in [0.25, 0.3) is 0 Å². The third kappa shape index (κ3) is 3.40. The zero-order valence-electron chi connectivity index (χ0n) is 6.90. The number of primary amides is 1. The first-order chi connectivity index (χ1) is 6.20. The van der Waals surface area contributed by atoms with Gasteiger partial charge in [0.15, 0.2) is 0 Å². The van der Waals surface area contributed by atoms with Crippen molar-refractivity contribution in [3.63, 3.8) is 0 Å². The number of hydrogen-bond donors (Lipinski definition) is 1. The Labute approximate surface area is 82.5 Å². The van der Waals surface area contributed by atoms with Crippen LogP contribution < -0.4 is 5.73 Å². The van der Waals surface area contributed by atoms with Crippen molar-refractivity contribution in [1.29, 1.82) is 0 Å². The molecular weight excluding hydrogens is 233 g/mol. The van der Waals surface area contributed by atoms with Crippen LogP contribution in [-0.2, 0) is 4.79 Å². The second kappa shape index (κ2) is 4.80. The number of carbonyl (C=O) groups is 2. The molecule has 0 bridgehead atoms. The van der Waals surface area contributed by atoms with Gasteiger partial charge in [-0.15, -0.1) is 0 Å². The summed E-state index contributed by atoms with van der Waals surface area (Å²) < 4.78 is 0.0203. The molecule has 0 aliphatic rings. The maximum absolute atomic E-state index is 11.4. The van der Waals surface area contributed by atoms with Gasteiger partial charge < -0.3 is 0 Å². The minimum atomic E-state index is -0.413. The normalized spacial score (nSPS) is 9.54. The summed E-state index contributed by atoms with van der Waals surface area (Å²) in [5.74, 6) is -0.413. The molecule has 3 nitrogen and oxygen atoms in total. The number of benzene rings is 1. The van der Waals surface area contributed by atoms with Crippen LogP contribution in [0.3, 0.4) is 0 Å². The second-order valence-corrected chi connectivity index (χ2v) is 4.40. The molecule has 13 heavy (non-hydrogen) atoms. The van der Waals surface area contributed by atoms with Crippen LogP contribution in [0.4, 0.5) is 0 Å². The fourth-order valence-electron chi connectivity index (χ4n) is 0.794. The van der Waals surface area contributed by atoms with Gasteiger partial charge in [-0.25, -0.2) is 0 Å². The van der Waals surface area contributed by atoms with Crippen LogP contribution in [-0.4, -0.2) is 25.5 Å². The van der Waals surface area contributed by atoms with Crippen LogP contribution >= 0.6 is 0 Å². The Morgan fingerprint density at radius 1 is 1.23 bits per heavy atom. The summed E-state index contributed by atoms with van der Waals surface area (Å²) in [7, 11) is 0. The Morgan fingerprint density at radius 3 is 2.38 bits per heavy atom. The molecule has 0 spiro atoms. The van der Waals surface area contributed by atoms with Gasteiger partial charge in [-0.05, 0) is 0 Å². The van der Waals surface area contributed by atoms with E-state index in [9.17, 15) is 9.59 Å². The molecule has 0 saturated carbocycles. The van der Waals surface area contributed by atoms with Crippen LogP contribution in [0.2, 0.25) is 5.32 Å². The fraction of sp³-hybridized carbons (Fsp3) is 0.111. The molecule has 1 rings (SSSR count). The summed E-state index contributed by atoms with van der Waals surface area (Å²) in [6.07, 6.45) is 0. The van der Waals surface area contributed by atoms with E-state index in [-0.39, 0.29) is 25.0 Å². The van der Waals surface area contributed by atoms with Crippen molar-refractivity contribution in [2.24, 2.45) is 5.73 Å². The third-order valence-corrected chi connectivity index (χ3v) is 3.30. The predicted octanol–water partition coefficient (Wildman–Crippen LogP) is 0.435. The van der Waals surface area contributed by atoms with Gasteiger partial charge in [-0.3, -0.25) is 0 Å². The van der Waals surface area contributed by atoms with Crippen molar-refractivity contribution in [3.05, 3.63) is 35.9 Å². The quantitative estimate of drug-likeness (QED) is 0.778. The molecule has 68 valence electrons. The molecular formula is C9H9NO2Se. The molecule has 0 aromatic heterocycles. The van der Waals surface area contributed by atoms with Crippen molar-refractivity contribution in [2.45, 2.75) is 5.32 Å². The molecule has 0 radical (unpaired) electrons. The zero-order chi connectivity index (χ0) is 9.68. The van der Waals surface area contributed by atoms with Crippen LogP contribution in [0.15, 0.2) is 30.3 Å². The third-order valence-electron chi connectivity index (χ3n) is 1.36. The standard InChI is InChI=1S/C9H9NO2Se/c10-8(11)6-13-9(12)7-4-2-1-3-5-7/h1-5H,6H2,(H2,10,11). The van der Waals surface area contributed by atoms with Crippen molar-refractivity contribution in [3.8, 4) is 0 Å². The van der Waals surface area contributed by atoms with Gasteiger partial charge in [-0.2, -0.15) is 0 Å². The fourth-order valence-corrected chi connectivity index (χ4v) is 2.00. The molecule has 1 aromatic carbocycles. The molecule has 0 aliphatic heterocycles. The summed E-state index contributed by atoms with van der Waals surface area (Å²) in [6.45, 7) is 0. The molecule has 2 N–H and O–H groups in total. The second-order valence-electron chi connectivity index (χ2n) is 2.41. The number of nitrogens with two attached hydrogens (primary N) is 1. The van der Waals surface area contributed by atoms with E-state index in [4.69, 9.17) is 5.73 Å². The van der Waals surface area contributed by atoms with E-state index in [1.165, 1.54) is 0 Å². The number of hydrogen-bond acceptors (Lipinski definition) is 2. The van der Waals surface area contributed by atoms with E-state index in [0.29, 0.717) is 5.56 Å². The number of rotatable bonds is 4. The van der Waals surface area contributed by atoms with Gasteiger partial charge in [0.05, 0.1) is 0 Å². The SMILES string of the molecule is NC(=O)C[Se]C(=O)c1ccccc1. The Bertz CT molecular complexity index is 311. The zero-order valence-corrected chi connectivity index (χ0v) is 8.61. The van der Waals surface area contributed by atoms with E-state index in [0.717, 1.165) is 0 Å². The Balaban J connectivity index is 2.54. The monoisotopic (exact) mass is 243 g/mol. The van der Waals surface area contributed by atoms with E-state index >= 15 is 0 Å². The van der Waals surface area contributed by atoms with Crippen LogP contribution in [0.5, 0.6) is 0 Å². The topological polar surface area (TPSA) is 60.2 Å². The first kappa shape index (κ1) is 9.96. The maximum atomic E-state index is 11.4. The average molecular weight is 242 g/mol. The van der Waals surface area contributed by atoms with Crippen molar-refractivity contribution >= 4 is 25.5 Å². The molecule has 0 unspecified atom stereocenters. The summed E-state index contributed by atoms with van der Waals surface area (Å²) in [5.41, 5.74) is 5.60. The molecule has 0 fully saturated rings. The number of carbonyl (C=O) groups excluding carboxylic acids is 2. The number of amides is 1. The van der Waals surface area contributed by atoms with Gasteiger partial charge in [-0.1, -0.05) is 0 Å².